The SMILES string of the molecule is O=C(NCCCN1CCOCC1)C(=O)N/N=C/c1cccc(COc2ccc(Cl)cc2)c1. The predicted octanol–water partition coefficient (Wildman–Crippen LogP) is 2.21. The highest BCUT2D eigenvalue weighted by Crippen LogP contribution is 2.17. The molecule has 0 aliphatic carbocycles. The van der Waals surface area contributed by atoms with Crippen molar-refractivity contribution in [2.75, 3.05) is 39.4 Å². The van der Waals surface area contributed by atoms with Gasteiger partial charge in [0.25, 0.3) is 0 Å². The van der Waals surface area contributed by atoms with Crippen LogP contribution in [0.5, 0.6) is 5.75 Å². The molecule has 2 amide bonds. The van der Waals surface area contributed by atoms with Gasteiger partial charge in [0.15, 0.2) is 0 Å². The van der Waals surface area contributed by atoms with Crippen LogP contribution in [0.2, 0.25) is 5.02 Å². The summed E-state index contributed by atoms with van der Waals surface area (Å²) in [5.41, 5.74) is 3.96. The van der Waals surface area contributed by atoms with E-state index in [-0.39, 0.29) is 0 Å². The maximum absolute atomic E-state index is 11.9. The summed E-state index contributed by atoms with van der Waals surface area (Å²) in [6.07, 6.45) is 2.25. The van der Waals surface area contributed by atoms with Crippen molar-refractivity contribution in [3.63, 3.8) is 0 Å². The van der Waals surface area contributed by atoms with Gasteiger partial charge in [-0.15, -0.1) is 0 Å². The summed E-state index contributed by atoms with van der Waals surface area (Å²) in [7, 11) is 0. The van der Waals surface area contributed by atoms with E-state index >= 15 is 0 Å². The number of carbonyl (C=O) groups is 2. The molecule has 2 aromatic rings. The van der Waals surface area contributed by atoms with Gasteiger partial charge in [-0.1, -0.05) is 29.8 Å². The van der Waals surface area contributed by atoms with Crippen molar-refractivity contribution < 1.29 is 19.1 Å². The molecule has 9 heteroatoms. The van der Waals surface area contributed by atoms with E-state index in [2.05, 4.69) is 20.7 Å². The Labute approximate surface area is 192 Å². The van der Waals surface area contributed by atoms with E-state index in [9.17, 15) is 9.59 Å². The Morgan fingerprint density at radius 3 is 2.69 bits per heavy atom. The highest BCUT2D eigenvalue weighted by molar-refractivity contribution is 6.35. The molecule has 1 heterocycles. The van der Waals surface area contributed by atoms with Crippen LogP contribution < -0.4 is 15.5 Å². The zero-order valence-electron chi connectivity index (χ0n) is 17.8. The van der Waals surface area contributed by atoms with Crippen LogP contribution in [0.25, 0.3) is 0 Å². The van der Waals surface area contributed by atoms with Gasteiger partial charge < -0.3 is 14.8 Å². The first-order chi connectivity index (χ1) is 15.6. The molecular weight excluding hydrogens is 432 g/mol. The van der Waals surface area contributed by atoms with E-state index in [1.807, 2.05) is 24.3 Å². The van der Waals surface area contributed by atoms with E-state index in [1.165, 1.54) is 6.21 Å². The number of amides is 2. The van der Waals surface area contributed by atoms with Crippen LogP contribution in [-0.4, -0.2) is 62.3 Å². The zero-order valence-corrected chi connectivity index (χ0v) is 18.5. The third-order valence-corrected chi connectivity index (χ3v) is 5.05. The van der Waals surface area contributed by atoms with Gasteiger partial charge in [0.1, 0.15) is 12.4 Å². The van der Waals surface area contributed by atoms with Gasteiger partial charge in [0, 0.05) is 24.7 Å². The number of benzene rings is 2. The molecular formula is C23H27ClN4O4. The lowest BCUT2D eigenvalue weighted by Gasteiger charge is -2.26. The zero-order chi connectivity index (χ0) is 22.6. The standard InChI is InChI=1S/C23H27ClN4O4/c24-20-5-7-21(8-6-20)32-17-19-4-1-3-18(15-19)16-26-27-23(30)22(29)25-9-2-10-28-11-13-31-14-12-28/h1,3-8,15-16H,2,9-14,17H2,(H,25,29)(H,27,30)/b26-16+. The first-order valence-electron chi connectivity index (χ1n) is 10.5. The van der Waals surface area contributed by atoms with Crippen molar-refractivity contribution >= 4 is 29.6 Å². The molecule has 1 aliphatic heterocycles. The maximum Gasteiger partial charge on any atom is 0.329 e. The molecule has 1 saturated heterocycles. The highest BCUT2D eigenvalue weighted by atomic mass is 35.5. The molecule has 170 valence electrons. The molecule has 0 saturated carbocycles. The summed E-state index contributed by atoms with van der Waals surface area (Å²) in [5.74, 6) is -0.777. The van der Waals surface area contributed by atoms with Crippen LogP contribution in [-0.2, 0) is 20.9 Å². The van der Waals surface area contributed by atoms with Crippen molar-refractivity contribution in [1.29, 1.82) is 0 Å². The van der Waals surface area contributed by atoms with Gasteiger partial charge in [-0.05, 0) is 54.4 Å². The third-order valence-electron chi connectivity index (χ3n) is 4.80. The lowest BCUT2D eigenvalue weighted by atomic mass is 10.1. The molecule has 0 bridgehead atoms. The minimum atomic E-state index is -0.796. The minimum absolute atomic E-state index is 0.378. The number of nitrogens with one attached hydrogen (secondary N) is 2. The van der Waals surface area contributed by atoms with Crippen LogP contribution in [0.3, 0.4) is 0 Å². The molecule has 0 atom stereocenters. The second-order valence-corrected chi connectivity index (χ2v) is 7.69. The predicted molar refractivity (Wildman–Crippen MR) is 123 cm³/mol. The van der Waals surface area contributed by atoms with Crippen LogP contribution >= 0.6 is 11.6 Å². The van der Waals surface area contributed by atoms with Gasteiger partial charge >= 0.3 is 11.8 Å². The molecule has 0 aromatic heterocycles. The van der Waals surface area contributed by atoms with Crippen molar-refractivity contribution in [2.45, 2.75) is 13.0 Å². The Hall–Kier alpha value is -2.94. The maximum atomic E-state index is 11.9. The Balaban J connectivity index is 1.36. The fourth-order valence-electron chi connectivity index (χ4n) is 3.09. The van der Waals surface area contributed by atoms with E-state index in [0.29, 0.717) is 18.2 Å². The smallest absolute Gasteiger partial charge is 0.329 e. The summed E-state index contributed by atoms with van der Waals surface area (Å²) in [4.78, 5) is 26.0. The van der Waals surface area contributed by atoms with Crippen molar-refractivity contribution in [2.24, 2.45) is 5.10 Å². The van der Waals surface area contributed by atoms with Gasteiger partial charge in [0.05, 0.1) is 19.4 Å². The number of halogens is 1. The molecule has 1 aliphatic rings. The number of nitrogens with zero attached hydrogens (tertiary/aromatic N) is 2. The Bertz CT molecular complexity index is 914. The van der Waals surface area contributed by atoms with Crippen molar-refractivity contribution in [1.82, 2.24) is 15.6 Å². The van der Waals surface area contributed by atoms with Gasteiger partial charge in [0.2, 0.25) is 0 Å². The summed E-state index contributed by atoms with van der Waals surface area (Å²) < 4.78 is 11.0. The Morgan fingerprint density at radius 1 is 1.12 bits per heavy atom. The monoisotopic (exact) mass is 458 g/mol. The number of hydrazone groups is 1. The number of morpholine rings is 1. The average Bonchev–Trinajstić information content (AvgIpc) is 2.82. The molecule has 3 rings (SSSR count). The van der Waals surface area contributed by atoms with E-state index in [0.717, 1.165) is 56.1 Å². The summed E-state index contributed by atoms with van der Waals surface area (Å²) in [5, 5.41) is 7.13. The minimum Gasteiger partial charge on any atom is -0.489 e. The van der Waals surface area contributed by atoms with E-state index in [4.69, 9.17) is 21.1 Å². The normalized spacial score (nSPS) is 14.3. The third kappa shape index (κ3) is 8.30. The number of rotatable bonds is 9. The van der Waals surface area contributed by atoms with E-state index < -0.39 is 11.8 Å². The van der Waals surface area contributed by atoms with Crippen LogP contribution in [0.1, 0.15) is 17.5 Å². The number of hydrogen-bond acceptors (Lipinski definition) is 6. The van der Waals surface area contributed by atoms with Crippen LogP contribution in [0.15, 0.2) is 53.6 Å². The summed E-state index contributed by atoms with van der Waals surface area (Å²) in [6.45, 7) is 4.96. The Kier molecular flexibility index (Phi) is 9.49. The molecule has 0 spiro atoms. The average molecular weight is 459 g/mol. The molecule has 8 nitrogen and oxygen atoms in total. The van der Waals surface area contributed by atoms with Gasteiger partial charge in [-0.2, -0.15) is 5.10 Å². The fraction of sp³-hybridized carbons (Fsp3) is 0.348. The molecule has 2 aromatic carbocycles. The Morgan fingerprint density at radius 2 is 1.91 bits per heavy atom. The number of ether oxygens (including phenoxy) is 2. The summed E-state index contributed by atoms with van der Waals surface area (Å²) >= 11 is 5.87. The number of carbonyl (C=O) groups excluding carboxylic acids is 2. The highest BCUT2D eigenvalue weighted by Gasteiger charge is 2.13. The molecule has 0 unspecified atom stereocenters. The lowest BCUT2D eigenvalue weighted by Crippen LogP contribution is -2.40. The number of hydrogen-bond donors (Lipinski definition) is 2. The molecule has 1 fully saturated rings. The second kappa shape index (κ2) is 12.8. The molecule has 2 N–H and O–H groups in total. The molecule has 32 heavy (non-hydrogen) atoms. The van der Waals surface area contributed by atoms with Crippen LogP contribution in [0.4, 0.5) is 0 Å². The largest absolute Gasteiger partial charge is 0.489 e. The van der Waals surface area contributed by atoms with Crippen LogP contribution in [0, 0.1) is 0 Å². The van der Waals surface area contributed by atoms with Gasteiger partial charge in [-0.3, -0.25) is 14.5 Å². The van der Waals surface area contributed by atoms with Crippen molar-refractivity contribution in [3.8, 4) is 5.75 Å². The summed E-state index contributed by atoms with van der Waals surface area (Å²) in [6, 6.07) is 14.7. The molecule has 0 radical (unpaired) electrons. The van der Waals surface area contributed by atoms with Crippen molar-refractivity contribution in [3.05, 3.63) is 64.7 Å². The lowest BCUT2D eigenvalue weighted by molar-refractivity contribution is -0.139. The second-order valence-electron chi connectivity index (χ2n) is 7.25. The topological polar surface area (TPSA) is 92.3 Å². The van der Waals surface area contributed by atoms with E-state index in [1.54, 1.807) is 24.3 Å². The van der Waals surface area contributed by atoms with Gasteiger partial charge in [-0.25, -0.2) is 5.43 Å². The quantitative estimate of drug-likeness (QED) is 0.260. The first kappa shape index (κ1) is 23.7. The first-order valence-corrected chi connectivity index (χ1v) is 10.9. The fourth-order valence-corrected chi connectivity index (χ4v) is 3.21.